The molecule has 2 aromatic rings. The third-order valence-corrected chi connectivity index (χ3v) is 4.67. The number of methoxy groups -OCH3 is 1. The van der Waals surface area contributed by atoms with Crippen LogP contribution in [0.4, 0.5) is 0 Å². The van der Waals surface area contributed by atoms with Crippen molar-refractivity contribution in [2.75, 3.05) is 7.11 Å². The van der Waals surface area contributed by atoms with Crippen molar-refractivity contribution in [3.8, 4) is 5.75 Å². The molecule has 2 rings (SSSR count). The predicted octanol–water partition coefficient (Wildman–Crippen LogP) is 4.76. The van der Waals surface area contributed by atoms with Gasteiger partial charge >= 0.3 is 0 Å². The topological polar surface area (TPSA) is 21.3 Å². The molecule has 0 radical (unpaired) electrons. The molecule has 0 aliphatic rings. The molecular weight excluding hydrogens is 322 g/mol. The van der Waals surface area contributed by atoms with E-state index in [0.29, 0.717) is 6.04 Å². The fourth-order valence-electron chi connectivity index (χ4n) is 2.00. The maximum absolute atomic E-state index is 5.24. The highest BCUT2D eigenvalue weighted by Crippen LogP contribution is 2.26. The molecule has 1 N–H and O–H groups in total. The van der Waals surface area contributed by atoms with Crippen LogP contribution in [0.3, 0.4) is 0 Å². The lowest BCUT2D eigenvalue weighted by molar-refractivity contribution is 0.412. The zero-order valence-electron chi connectivity index (χ0n) is 11.2. The van der Waals surface area contributed by atoms with Crippen LogP contribution in [0.25, 0.3) is 0 Å². The molecule has 4 heteroatoms. The fourth-order valence-corrected chi connectivity index (χ4v) is 3.47. The van der Waals surface area contributed by atoms with E-state index in [1.54, 1.807) is 7.11 Å². The van der Waals surface area contributed by atoms with Gasteiger partial charge in [-0.15, -0.1) is 11.3 Å². The molecule has 1 heterocycles. The van der Waals surface area contributed by atoms with E-state index >= 15 is 0 Å². The Morgan fingerprint density at radius 1 is 1.37 bits per heavy atom. The third-order valence-electron chi connectivity index (χ3n) is 3.06. The SMILES string of the molecule is CCC(NCc1ccc(OC)c(Br)c1)c1cccs1. The maximum atomic E-state index is 5.24. The van der Waals surface area contributed by atoms with Gasteiger partial charge < -0.3 is 10.1 Å². The number of ether oxygens (including phenoxy) is 1. The number of hydrogen-bond donors (Lipinski definition) is 1. The summed E-state index contributed by atoms with van der Waals surface area (Å²) >= 11 is 5.33. The molecule has 0 aliphatic heterocycles. The summed E-state index contributed by atoms with van der Waals surface area (Å²) < 4.78 is 6.24. The lowest BCUT2D eigenvalue weighted by atomic mass is 10.1. The highest BCUT2D eigenvalue weighted by molar-refractivity contribution is 9.10. The molecular formula is C15H18BrNOS. The fraction of sp³-hybridized carbons (Fsp3) is 0.333. The summed E-state index contributed by atoms with van der Waals surface area (Å²) in [5.74, 6) is 0.869. The van der Waals surface area contributed by atoms with Crippen molar-refractivity contribution in [3.63, 3.8) is 0 Å². The highest BCUT2D eigenvalue weighted by Gasteiger charge is 2.10. The monoisotopic (exact) mass is 339 g/mol. The number of benzene rings is 1. The van der Waals surface area contributed by atoms with Crippen molar-refractivity contribution in [3.05, 3.63) is 50.6 Å². The summed E-state index contributed by atoms with van der Waals surface area (Å²) in [6, 6.07) is 10.9. The van der Waals surface area contributed by atoms with Gasteiger partial charge in [-0.1, -0.05) is 19.1 Å². The second kappa shape index (κ2) is 7.08. The summed E-state index contributed by atoms with van der Waals surface area (Å²) in [5, 5.41) is 5.73. The minimum absolute atomic E-state index is 0.431. The van der Waals surface area contributed by atoms with Crippen LogP contribution < -0.4 is 10.1 Å². The molecule has 19 heavy (non-hydrogen) atoms. The Kier molecular flexibility index (Phi) is 5.43. The van der Waals surface area contributed by atoms with Crippen LogP contribution in [0, 0.1) is 0 Å². The van der Waals surface area contributed by atoms with Crippen molar-refractivity contribution < 1.29 is 4.74 Å². The lowest BCUT2D eigenvalue weighted by Gasteiger charge is -2.16. The Hall–Kier alpha value is -0.840. The first-order valence-corrected chi connectivity index (χ1v) is 8.01. The molecule has 0 fully saturated rings. The molecule has 0 spiro atoms. The average molecular weight is 340 g/mol. The summed E-state index contributed by atoms with van der Waals surface area (Å²) in [5.41, 5.74) is 1.25. The Morgan fingerprint density at radius 3 is 2.79 bits per heavy atom. The van der Waals surface area contributed by atoms with E-state index < -0.39 is 0 Å². The molecule has 0 amide bonds. The van der Waals surface area contributed by atoms with Gasteiger partial charge in [-0.3, -0.25) is 0 Å². The van der Waals surface area contributed by atoms with E-state index in [0.717, 1.165) is 23.2 Å². The van der Waals surface area contributed by atoms with Crippen LogP contribution in [-0.2, 0) is 6.54 Å². The number of rotatable bonds is 6. The standard InChI is InChI=1S/C15H18BrNOS/c1-3-13(15-5-4-8-19-15)17-10-11-6-7-14(18-2)12(16)9-11/h4-9,13,17H,3,10H2,1-2H3. The van der Waals surface area contributed by atoms with Crippen molar-refractivity contribution in [1.82, 2.24) is 5.32 Å². The summed E-state index contributed by atoms with van der Waals surface area (Å²) in [6.45, 7) is 3.07. The number of halogens is 1. The van der Waals surface area contributed by atoms with Crippen molar-refractivity contribution in [2.24, 2.45) is 0 Å². The summed E-state index contributed by atoms with van der Waals surface area (Å²) in [4.78, 5) is 1.40. The van der Waals surface area contributed by atoms with Crippen LogP contribution in [0.2, 0.25) is 0 Å². The van der Waals surface area contributed by atoms with Crippen LogP contribution in [-0.4, -0.2) is 7.11 Å². The van der Waals surface area contributed by atoms with E-state index in [1.165, 1.54) is 10.4 Å². The number of thiophene rings is 1. The molecule has 1 aromatic heterocycles. The minimum atomic E-state index is 0.431. The van der Waals surface area contributed by atoms with E-state index in [2.05, 4.69) is 57.8 Å². The molecule has 0 saturated heterocycles. The van der Waals surface area contributed by atoms with Crippen LogP contribution in [0.1, 0.15) is 29.8 Å². The maximum Gasteiger partial charge on any atom is 0.133 e. The first-order chi connectivity index (χ1) is 9.24. The van der Waals surface area contributed by atoms with Crippen molar-refractivity contribution in [2.45, 2.75) is 25.9 Å². The van der Waals surface area contributed by atoms with Gasteiger partial charge in [0.1, 0.15) is 5.75 Å². The predicted molar refractivity (Wildman–Crippen MR) is 84.9 cm³/mol. The van der Waals surface area contributed by atoms with E-state index in [1.807, 2.05) is 17.4 Å². The second-order valence-electron chi connectivity index (χ2n) is 4.33. The number of nitrogens with one attached hydrogen (secondary N) is 1. The molecule has 1 atom stereocenters. The summed E-state index contributed by atoms with van der Waals surface area (Å²) in [7, 11) is 1.68. The normalized spacial score (nSPS) is 12.4. The first kappa shape index (κ1) is 14.6. The largest absolute Gasteiger partial charge is 0.496 e. The molecule has 0 saturated carbocycles. The zero-order valence-corrected chi connectivity index (χ0v) is 13.6. The molecule has 0 aliphatic carbocycles. The molecule has 0 bridgehead atoms. The first-order valence-electron chi connectivity index (χ1n) is 6.33. The molecule has 1 aromatic carbocycles. The van der Waals surface area contributed by atoms with Gasteiger partial charge in [-0.2, -0.15) is 0 Å². The Bertz CT molecular complexity index is 513. The lowest BCUT2D eigenvalue weighted by Crippen LogP contribution is -2.19. The van der Waals surface area contributed by atoms with E-state index in [-0.39, 0.29) is 0 Å². The van der Waals surface area contributed by atoms with Gasteiger partial charge in [0.2, 0.25) is 0 Å². The highest BCUT2D eigenvalue weighted by atomic mass is 79.9. The van der Waals surface area contributed by atoms with Gasteiger partial charge in [0.05, 0.1) is 11.6 Å². The van der Waals surface area contributed by atoms with Gasteiger partial charge in [-0.25, -0.2) is 0 Å². The van der Waals surface area contributed by atoms with Gasteiger partial charge in [0.15, 0.2) is 0 Å². The molecule has 2 nitrogen and oxygen atoms in total. The summed E-state index contributed by atoms with van der Waals surface area (Å²) in [6.07, 6.45) is 1.10. The molecule has 1 unspecified atom stereocenters. The van der Waals surface area contributed by atoms with Crippen LogP contribution in [0.5, 0.6) is 5.75 Å². The van der Waals surface area contributed by atoms with Crippen LogP contribution >= 0.6 is 27.3 Å². The Balaban J connectivity index is 1.99. The van der Waals surface area contributed by atoms with Gasteiger partial charge in [0, 0.05) is 17.5 Å². The van der Waals surface area contributed by atoms with E-state index in [9.17, 15) is 0 Å². The smallest absolute Gasteiger partial charge is 0.133 e. The Labute approximate surface area is 126 Å². The molecule has 102 valence electrons. The van der Waals surface area contributed by atoms with Gasteiger partial charge in [-0.05, 0) is 51.5 Å². The average Bonchev–Trinajstić information content (AvgIpc) is 2.94. The van der Waals surface area contributed by atoms with Crippen LogP contribution in [0.15, 0.2) is 40.2 Å². The number of hydrogen-bond acceptors (Lipinski definition) is 3. The van der Waals surface area contributed by atoms with Gasteiger partial charge in [0.25, 0.3) is 0 Å². The third kappa shape index (κ3) is 3.81. The zero-order chi connectivity index (χ0) is 13.7. The minimum Gasteiger partial charge on any atom is -0.496 e. The second-order valence-corrected chi connectivity index (χ2v) is 6.16. The van der Waals surface area contributed by atoms with Crippen molar-refractivity contribution in [1.29, 1.82) is 0 Å². The Morgan fingerprint density at radius 2 is 2.21 bits per heavy atom. The quantitative estimate of drug-likeness (QED) is 0.819. The van der Waals surface area contributed by atoms with Crippen molar-refractivity contribution >= 4 is 27.3 Å². The van der Waals surface area contributed by atoms with E-state index in [4.69, 9.17) is 4.74 Å².